The molecule has 0 aromatic heterocycles. The van der Waals surface area contributed by atoms with E-state index in [4.69, 9.17) is 4.74 Å². The van der Waals surface area contributed by atoms with Crippen LogP contribution in [0.1, 0.15) is 20.3 Å². The molecule has 0 aromatic carbocycles. The van der Waals surface area contributed by atoms with Crippen molar-refractivity contribution in [3.05, 3.63) is 0 Å². The normalized spacial score (nSPS) is 23.8. The monoisotopic (exact) mass is 255 g/mol. The van der Waals surface area contributed by atoms with Crippen molar-refractivity contribution in [3.8, 4) is 0 Å². The van der Waals surface area contributed by atoms with Gasteiger partial charge < -0.3 is 15.0 Å². The van der Waals surface area contributed by atoms with Crippen LogP contribution in [0.2, 0.25) is 0 Å². The zero-order valence-electron chi connectivity index (χ0n) is 11.6. The number of nitrogens with one attached hydrogen (secondary N) is 1. The Morgan fingerprint density at radius 1 is 1.28 bits per heavy atom. The number of amides is 1. The fourth-order valence-electron chi connectivity index (χ4n) is 2.44. The van der Waals surface area contributed by atoms with Gasteiger partial charge in [-0.3, -0.25) is 9.69 Å². The lowest BCUT2D eigenvalue weighted by atomic mass is 10.0. The molecule has 104 valence electrons. The zero-order valence-corrected chi connectivity index (χ0v) is 11.6. The summed E-state index contributed by atoms with van der Waals surface area (Å²) in [6.07, 6.45) is 1.18. The molecule has 1 amide bonds. The van der Waals surface area contributed by atoms with E-state index in [1.54, 1.807) is 0 Å². The minimum absolute atomic E-state index is 0.125. The fourth-order valence-corrected chi connectivity index (χ4v) is 2.44. The Morgan fingerprint density at radius 2 is 1.94 bits per heavy atom. The van der Waals surface area contributed by atoms with E-state index in [9.17, 15) is 4.79 Å². The lowest BCUT2D eigenvalue weighted by Crippen LogP contribution is -2.60. The lowest BCUT2D eigenvalue weighted by molar-refractivity contribution is -0.147. The summed E-state index contributed by atoms with van der Waals surface area (Å²) < 4.78 is 5.69. The van der Waals surface area contributed by atoms with E-state index >= 15 is 0 Å². The maximum Gasteiger partial charge on any atom is 0.248 e. The molecule has 2 rings (SSSR count). The molecule has 5 heteroatoms. The first-order chi connectivity index (χ1) is 8.63. The molecule has 2 aliphatic rings. The van der Waals surface area contributed by atoms with Crippen LogP contribution in [0.4, 0.5) is 0 Å². The summed E-state index contributed by atoms with van der Waals surface area (Å²) in [7, 11) is 0. The van der Waals surface area contributed by atoms with Crippen molar-refractivity contribution in [1.82, 2.24) is 15.1 Å². The van der Waals surface area contributed by atoms with Crippen LogP contribution in [-0.4, -0.2) is 73.7 Å². The molecule has 2 saturated heterocycles. The van der Waals surface area contributed by atoms with Gasteiger partial charge in [0, 0.05) is 39.3 Å². The SMILES string of the molecule is CCCN1CCN(C(=O)COC2(C)CNC2)CC1. The Balaban J connectivity index is 1.67. The number of carbonyl (C=O) groups is 1. The first kappa shape index (κ1) is 13.8. The maximum absolute atomic E-state index is 12.0. The Bertz CT molecular complexity index is 284. The minimum Gasteiger partial charge on any atom is -0.363 e. The molecule has 0 atom stereocenters. The topological polar surface area (TPSA) is 44.8 Å². The molecule has 5 nitrogen and oxygen atoms in total. The predicted molar refractivity (Wildman–Crippen MR) is 70.5 cm³/mol. The molecule has 0 bridgehead atoms. The molecule has 2 heterocycles. The van der Waals surface area contributed by atoms with Crippen molar-refractivity contribution in [2.75, 3.05) is 52.4 Å². The fraction of sp³-hybridized carbons (Fsp3) is 0.923. The molecule has 0 radical (unpaired) electrons. The van der Waals surface area contributed by atoms with Crippen molar-refractivity contribution >= 4 is 5.91 Å². The van der Waals surface area contributed by atoms with Crippen molar-refractivity contribution < 1.29 is 9.53 Å². The second-order valence-corrected chi connectivity index (χ2v) is 5.56. The summed E-state index contributed by atoms with van der Waals surface area (Å²) in [5.74, 6) is 0.138. The molecule has 2 fully saturated rings. The standard InChI is InChI=1S/C13H25N3O2/c1-3-4-15-5-7-16(8-6-15)12(17)9-18-13(2)10-14-11-13/h14H,3-11H2,1-2H3. The zero-order chi connectivity index (χ0) is 13.0. The highest BCUT2D eigenvalue weighted by molar-refractivity contribution is 5.77. The molecule has 18 heavy (non-hydrogen) atoms. The smallest absolute Gasteiger partial charge is 0.248 e. The minimum atomic E-state index is -0.125. The van der Waals surface area contributed by atoms with Gasteiger partial charge in [-0.25, -0.2) is 0 Å². The van der Waals surface area contributed by atoms with E-state index in [2.05, 4.69) is 24.1 Å². The number of hydrogen-bond donors (Lipinski definition) is 1. The first-order valence-electron chi connectivity index (χ1n) is 6.98. The number of ether oxygens (including phenoxy) is 1. The highest BCUT2D eigenvalue weighted by Gasteiger charge is 2.33. The van der Waals surface area contributed by atoms with E-state index < -0.39 is 0 Å². The second-order valence-electron chi connectivity index (χ2n) is 5.56. The summed E-state index contributed by atoms with van der Waals surface area (Å²) >= 11 is 0. The number of nitrogens with zero attached hydrogens (tertiary/aromatic N) is 2. The molecule has 2 aliphatic heterocycles. The highest BCUT2D eigenvalue weighted by atomic mass is 16.5. The first-order valence-corrected chi connectivity index (χ1v) is 6.98. The molecule has 0 saturated carbocycles. The van der Waals surface area contributed by atoms with Crippen LogP contribution in [-0.2, 0) is 9.53 Å². The van der Waals surface area contributed by atoms with Gasteiger partial charge in [-0.15, -0.1) is 0 Å². The summed E-state index contributed by atoms with van der Waals surface area (Å²) in [4.78, 5) is 16.4. The van der Waals surface area contributed by atoms with Crippen molar-refractivity contribution in [2.45, 2.75) is 25.9 Å². The van der Waals surface area contributed by atoms with Gasteiger partial charge in [-0.2, -0.15) is 0 Å². The van der Waals surface area contributed by atoms with E-state index in [-0.39, 0.29) is 18.1 Å². The largest absolute Gasteiger partial charge is 0.363 e. The predicted octanol–water partition coefficient (Wildman–Crippen LogP) is -0.0809. The second kappa shape index (κ2) is 5.99. The summed E-state index contributed by atoms with van der Waals surface area (Å²) in [6.45, 7) is 11.0. The number of piperazine rings is 1. The Morgan fingerprint density at radius 3 is 2.44 bits per heavy atom. The van der Waals surface area contributed by atoms with Crippen LogP contribution in [0, 0.1) is 0 Å². The molecular weight excluding hydrogens is 230 g/mol. The van der Waals surface area contributed by atoms with E-state index in [0.717, 1.165) is 45.8 Å². The Labute approximate surface area is 109 Å². The molecule has 0 spiro atoms. The van der Waals surface area contributed by atoms with Gasteiger partial charge in [0.1, 0.15) is 6.61 Å². The van der Waals surface area contributed by atoms with Crippen LogP contribution in [0.5, 0.6) is 0 Å². The molecular formula is C13H25N3O2. The average molecular weight is 255 g/mol. The highest BCUT2D eigenvalue weighted by Crippen LogP contribution is 2.15. The van der Waals surface area contributed by atoms with Crippen molar-refractivity contribution in [3.63, 3.8) is 0 Å². The molecule has 0 unspecified atom stereocenters. The molecule has 0 aromatic rings. The maximum atomic E-state index is 12.0. The summed E-state index contributed by atoms with van der Waals surface area (Å²) in [5.41, 5.74) is -0.125. The lowest BCUT2D eigenvalue weighted by Gasteiger charge is -2.40. The third-order valence-corrected chi connectivity index (χ3v) is 3.81. The third kappa shape index (κ3) is 3.43. The quantitative estimate of drug-likeness (QED) is 0.746. The van der Waals surface area contributed by atoms with E-state index in [1.165, 1.54) is 6.42 Å². The van der Waals surface area contributed by atoms with Crippen LogP contribution in [0.3, 0.4) is 0 Å². The van der Waals surface area contributed by atoms with Crippen LogP contribution < -0.4 is 5.32 Å². The van der Waals surface area contributed by atoms with Gasteiger partial charge in [-0.05, 0) is 19.9 Å². The molecule has 1 N–H and O–H groups in total. The van der Waals surface area contributed by atoms with E-state index in [0.29, 0.717) is 0 Å². The van der Waals surface area contributed by atoms with Crippen molar-refractivity contribution in [1.29, 1.82) is 0 Å². The van der Waals surface area contributed by atoms with Gasteiger partial charge in [0.2, 0.25) is 5.91 Å². The number of carbonyl (C=O) groups excluding carboxylic acids is 1. The third-order valence-electron chi connectivity index (χ3n) is 3.81. The van der Waals surface area contributed by atoms with Crippen LogP contribution in [0.15, 0.2) is 0 Å². The van der Waals surface area contributed by atoms with Gasteiger partial charge in [-0.1, -0.05) is 6.92 Å². The summed E-state index contributed by atoms with van der Waals surface area (Å²) in [6, 6.07) is 0. The summed E-state index contributed by atoms with van der Waals surface area (Å²) in [5, 5.41) is 3.17. The van der Waals surface area contributed by atoms with Gasteiger partial charge in [0.05, 0.1) is 5.60 Å². The van der Waals surface area contributed by atoms with Crippen LogP contribution >= 0.6 is 0 Å². The van der Waals surface area contributed by atoms with Gasteiger partial charge in [0.25, 0.3) is 0 Å². The Hall–Kier alpha value is -0.650. The Kier molecular flexibility index (Phi) is 4.59. The van der Waals surface area contributed by atoms with Gasteiger partial charge >= 0.3 is 0 Å². The van der Waals surface area contributed by atoms with E-state index in [1.807, 2.05) is 4.90 Å². The van der Waals surface area contributed by atoms with Gasteiger partial charge in [0.15, 0.2) is 0 Å². The number of hydrogen-bond acceptors (Lipinski definition) is 4. The van der Waals surface area contributed by atoms with Crippen molar-refractivity contribution in [2.24, 2.45) is 0 Å². The molecule has 0 aliphatic carbocycles. The average Bonchev–Trinajstić information content (AvgIpc) is 2.35. The number of rotatable bonds is 5. The van der Waals surface area contributed by atoms with Crippen LogP contribution in [0.25, 0.3) is 0 Å².